The lowest BCUT2D eigenvalue weighted by Gasteiger charge is -2.10. The van der Waals surface area contributed by atoms with Gasteiger partial charge in [0, 0.05) is 26.0 Å². The maximum absolute atomic E-state index is 6.18. The predicted molar refractivity (Wildman–Crippen MR) is 72.9 cm³/mol. The highest BCUT2D eigenvalue weighted by Crippen LogP contribution is 2.24. The number of imidazole rings is 1. The molecule has 0 saturated carbocycles. The first-order valence-electron chi connectivity index (χ1n) is 6.26. The number of nitrogens with zero attached hydrogens (tertiary/aromatic N) is 3. The van der Waals surface area contributed by atoms with Crippen LogP contribution >= 0.6 is 11.6 Å². The summed E-state index contributed by atoms with van der Waals surface area (Å²) in [5, 5.41) is -0.107. The number of ether oxygens (including phenoxy) is 1. The Hall–Kier alpha value is -1.13. The zero-order chi connectivity index (χ0) is 13.0. The van der Waals surface area contributed by atoms with Crippen molar-refractivity contribution in [2.75, 3.05) is 13.2 Å². The Balaban J connectivity index is 2.24. The van der Waals surface area contributed by atoms with Crippen LogP contribution < -0.4 is 0 Å². The van der Waals surface area contributed by atoms with Gasteiger partial charge in [0.2, 0.25) is 0 Å². The molecule has 0 radical (unpaired) electrons. The molecule has 0 N–H and O–H groups in total. The Morgan fingerprint density at radius 2 is 2.33 bits per heavy atom. The number of hydrogen-bond acceptors (Lipinski definition) is 3. The molecule has 5 heteroatoms. The first-order chi connectivity index (χ1) is 8.74. The summed E-state index contributed by atoms with van der Waals surface area (Å²) in [5.74, 6) is 0.899. The molecular weight excluding hydrogens is 250 g/mol. The lowest BCUT2D eigenvalue weighted by atomic mass is 10.3. The van der Waals surface area contributed by atoms with E-state index in [0.29, 0.717) is 0 Å². The molecule has 1 unspecified atom stereocenters. The van der Waals surface area contributed by atoms with E-state index in [9.17, 15) is 0 Å². The molecule has 0 bridgehead atoms. The first-order valence-corrected chi connectivity index (χ1v) is 6.69. The summed E-state index contributed by atoms with van der Waals surface area (Å²) in [6, 6.07) is 1.98. The maximum atomic E-state index is 6.18. The van der Waals surface area contributed by atoms with E-state index in [0.717, 1.165) is 43.0 Å². The summed E-state index contributed by atoms with van der Waals surface area (Å²) in [5.41, 5.74) is 1.99. The van der Waals surface area contributed by atoms with Gasteiger partial charge in [-0.15, -0.1) is 11.6 Å². The van der Waals surface area contributed by atoms with Gasteiger partial charge in [-0.3, -0.25) is 4.98 Å². The molecule has 0 spiro atoms. The Morgan fingerprint density at radius 3 is 3.06 bits per heavy atom. The molecule has 0 aliphatic rings. The normalized spacial score (nSPS) is 13.1. The molecule has 98 valence electrons. The summed E-state index contributed by atoms with van der Waals surface area (Å²) in [6.07, 6.45) is 4.51. The molecule has 4 nitrogen and oxygen atoms in total. The molecule has 0 amide bonds. The minimum Gasteiger partial charge on any atom is -0.382 e. The maximum Gasteiger partial charge on any atom is 0.127 e. The van der Waals surface area contributed by atoms with Crippen LogP contribution in [0.4, 0.5) is 0 Å². The third-order valence-electron chi connectivity index (χ3n) is 2.81. The third kappa shape index (κ3) is 2.82. The van der Waals surface area contributed by atoms with Crippen molar-refractivity contribution in [2.24, 2.45) is 0 Å². The molecule has 2 heterocycles. The summed E-state index contributed by atoms with van der Waals surface area (Å²) in [4.78, 5) is 8.63. The van der Waals surface area contributed by atoms with Gasteiger partial charge >= 0.3 is 0 Å². The average Bonchev–Trinajstić information content (AvgIpc) is 2.74. The van der Waals surface area contributed by atoms with Crippen LogP contribution in [0.3, 0.4) is 0 Å². The van der Waals surface area contributed by atoms with Crippen LogP contribution in [0.15, 0.2) is 18.5 Å². The van der Waals surface area contributed by atoms with E-state index in [1.165, 1.54) is 0 Å². The van der Waals surface area contributed by atoms with Crippen LogP contribution in [0.2, 0.25) is 0 Å². The summed E-state index contributed by atoms with van der Waals surface area (Å²) in [6.45, 7) is 6.33. The van der Waals surface area contributed by atoms with E-state index >= 15 is 0 Å². The molecule has 2 aromatic rings. The fourth-order valence-corrected chi connectivity index (χ4v) is 2.17. The van der Waals surface area contributed by atoms with Crippen LogP contribution in [0.1, 0.15) is 31.5 Å². The predicted octanol–water partition coefficient (Wildman–Crippen LogP) is 3.16. The van der Waals surface area contributed by atoms with E-state index in [4.69, 9.17) is 16.3 Å². The second kappa shape index (κ2) is 6.16. The van der Waals surface area contributed by atoms with E-state index in [1.807, 2.05) is 19.9 Å². The van der Waals surface area contributed by atoms with Crippen molar-refractivity contribution < 1.29 is 4.74 Å². The van der Waals surface area contributed by atoms with Crippen molar-refractivity contribution in [1.82, 2.24) is 14.5 Å². The number of alkyl halides is 1. The van der Waals surface area contributed by atoms with E-state index in [1.54, 1.807) is 12.4 Å². The lowest BCUT2D eigenvalue weighted by Crippen LogP contribution is -2.07. The van der Waals surface area contributed by atoms with Gasteiger partial charge in [-0.25, -0.2) is 4.98 Å². The minimum atomic E-state index is -0.107. The molecule has 18 heavy (non-hydrogen) atoms. The van der Waals surface area contributed by atoms with Crippen molar-refractivity contribution in [3.05, 3.63) is 24.3 Å². The zero-order valence-corrected chi connectivity index (χ0v) is 11.5. The van der Waals surface area contributed by atoms with Crippen LogP contribution in [0, 0.1) is 0 Å². The topological polar surface area (TPSA) is 39.9 Å². The Kier molecular flexibility index (Phi) is 4.55. The second-order valence-electron chi connectivity index (χ2n) is 4.15. The largest absolute Gasteiger partial charge is 0.382 e. The number of halogens is 1. The van der Waals surface area contributed by atoms with Gasteiger partial charge in [0.1, 0.15) is 11.3 Å². The van der Waals surface area contributed by atoms with Crippen molar-refractivity contribution in [2.45, 2.75) is 32.2 Å². The van der Waals surface area contributed by atoms with Gasteiger partial charge < -0.3 is 9.30 Å². The molecule has 1 atom stereocenters. The number of pyridine rings is 1. The van der Waals surface area contributed by atoms with Crippen molar-refractivity contribution in [1.29, 1.82) is 0 Å². The Morgan fingerprint density at radius 1 is 1.50 bits per heavy atom. The van der Waals surface area contributed by atoms with Crippen molar-refractivity contribution in [3.8, 4) is 0 Å². The Bertz CT molecular complexity index is 510. The summed E-state index contributed by atoms with van der Waals surface area (Å²) < 4.78 is 7.53. The molecule has 0 saturated heterocycles. The summed E-state index contributed by atoms with van der Waals surface area (Å²) in [7, 11) is 0. The fraction of sp³-hybridized carbons (Fsp3) is 0.538. The third-order valence-corrected chi connectivity index (χ3v) is 3.01. The minimum absolute atomic E-state index is 0.107. The highest BCUT2D eigenvalue weighted by molar-refractivity contribution is 6.20. The molecule has 0 aliphatic carbocycles. The Labute approximate surface area is 112 Å². The molecular formula is C13H18ClN3O. The standard InChI is InChI=1S/C13H18ClN3O/c1-3-18-8-4-7-17-12-5-6-15-9-11(12)16-13(17)10(2)14/h5-6,9-10H,3-4,7-8H2,1-2H3. The molecule has 2 rings (SSSR count). The van der Waals surface area contributed by atoms with Crippen LogP contribution in [-0.2, 0) is 11.3 Å². The number of aromatic nitrogens is 3. The van der Waals surface area contributed by atoms with E-state index < -0.39 is 0 Å². The number of hydrogen-bond donors (Lipinski definition) is 0. The molecule has 2 aromatic heterocycles. The van der Waals surface area contributed by atoms with Crippen molar-refractivity contribution in [3.63, 3.8) is 0 Å². The van der Waals surface area contributed by atoms with Crippen molar-refractivity contribution >= 4 is 22.6 Å². The fourth-order valence-electron chi connectivity index (χ4n) is 2.01. The number of aryl methyl sites for hydroxylation is 1. The molecule has 0 aromatic carbocycles. The molecule has 0 fully saturated rings. The van der Waals surface area contributed by atoms with Crippen LogP contribution in [0.5, 0.6) is 0 Å². The van der Waals surface area contributed by atoms with Crippen LogP contribution in [-0.4, -0.2) is 27.7 Å². The van der Waals surface area contributed by atoms with Gasteiger partial charge in [-0.2, -0.15) is 0 Å². The quantitative estimate of drug-likeness (QED) is 0.596. The zero-order valence-electron chi connectivity index (χ0n) is 10.8. The molecule has 0 aliphatic heterocycles. The monoisotopic (exact) mass is 267 g/mol. The van der Waals surface area contributed by atoms with E-state index in [2.05, 4.69) is 14.5 Å². The van der Waals surface area contributed by atoms with Gasteiger partial charge in [-0.05, 0) is 26.3 Å². The second-order valence-corrected chi connectivity index (χ2v) is 4.81. The van der Waals surface area contributed by atoms with Gasteiger partial charge in [-0.1, -0.05) is 0 Å². The number of rotatable bonds is 6. The van der Waals surface area contributed by atoms with Crippen LogP contribution in [0.25, 0.3) is 11.0 Å². The summed E-state index contributed by atoms with van der Waals surface area (Å²) >= 11 is 6.18. The van der Waals surface area contributed by atoms with Gasteiger partial charge in [0.05, 0.1) is 17.1 Å². The average molecular weight is 268 g/mol. The highest BCUT2D eigenvalue weighted by Gasteiger charge is 2.14. The van der Waals surface area contributed by atoms with Gasteiger partial charge in [0.25, 0.3) is 0 Å². The smallest absolute Gasteiger partial charge is 0.127 e. The highest BCUT2D eigenvalue weighted by atomic mass is 35.5. The lowest BCUT2D eigenvalue weighted by molar-refractivity contribution is 0.141. The number of fused-ring (bicyclic) bond motifs is 1. The van der Waals surface area contributed by atoms with Gasteiger partial charge in [0.15, 0.2) is 0 Å². The van der Waals surface area contributed by atoms with E-state index in [-0.39, 0.29) is 5.38 Å². The SMILES string of the molecule is CCOCCCn1c(C(C)Cl)nc2cnccc21. The first kappa shape index (κ1) is 13.3.